The molecule has 0 bridgehead atoms. The average Bonchev–Trinajstić information content (AvgIpc) is 3.85. The molecule has 2 heteroatoms. The van der Waals surface area contributed by atoms with Crippen LogP contribution in [0.25, 0.3) is 22.8 Å². The van der Waals surface area contributed by atoms with E-state index in [0.29, 0.717) is 0 Å². The van der Waals surface area contributed by atoms with Crippen LogP contribution in [0, 0.1) is 4.37 Å². The van der Waals surface area contributed by atoms with E-state index >= 15 is 0 Å². The molecule has 5 aromatic carbocycles. The molecule has 5 aromatic rings. The number of unbranched alkanes of at least 4 members (excludes halogenated alkanes) is 6. The van der Waals surface area contributed by atoms with Crippen molar-refractivity contribution in [2.45, 2.75) is 117 Å². The van der Waals surface area contributed by atoms with Crippen LogP contribution in [-0.4, -0.2) is 0 Å². The molecule has 0 heterocycles. The van der Waals surface area contributed by atoms with Crippen molar-refractivity contribution >= 4 is 34.8 Å². The third-order valence-electron chi connectivity index (χ3n) is 13.0. The first-order valence-corrected chi connectivity index (χ1v) is 25.6. The molecule has 59 heavy (non-hydrogen) atoms. The molecule has 0 unspecified atom stereocenters. The van der Waals surface area contributed by atoms with Crippen LogP contribution >= 0.6 is 7.26 Å². The zero-order valence-corrected chi connectivity index (χ0v) is 39.4. The standard InChI is InChI=1S/C57H63P.Os/c1-6-10-12-23-39-57(40-24-13-11-7-2)55-41-45(26-8-3)35-37-52(55)53-38-36-48(43-56(53)57)54(42-47-28-25-27-46(47)9-4)44(5)58(49-29-17-14-18-30-49,50-31-19-15-20-32-50)51-33-21-16-22-34-51;/h8-9,14-22,26,29-38,41-43H,6-7,10-13,23-25,27-28,39-40H2,1-4H3;/q+1;/b26-8+,46-9?,47-42?,54-44?;. The fourth-order valence-electron chi connectivity index (χ4n) is 10.2. The second-order valence-electron chi connectivity index (χ2n) is 16.6. The first kappa shape index (κ1) is 43.0. The van der Waals surface area contributed by atoms with E-state index in [1.807, 2.05) is 17.9 Å². The van der Waals surface area contributed by atoms with Crippen LogP contribution in [-0.2, 0) is 23.4 Å². The van der Waals surface area contributed by atoms with Gasteiger partial charge in [-0.25, -0.2) is 0 Å². The van der Waals surface area contributed by atoms with E-state index in [-0.39, 0.29) is 5.41 Å². The summed E-state index contributed by atoms with van der Waals surface area (Å²) in [5, 5.41) is 5.43. The van der Waals surface area contributed by atoms with Crippen LogP contribution in [0.1, 0.15) is 133 Å². The van der Waals surface area contributed by atoms with Gasteiger partial charge in [0.05, 0.1) is 0 Å². The number of benzene rings is 5. The van der Waals surface area contributed by atoms with Crippen LogP contribution in [0.4, 0.5) is 0 Å². The van der Waals surface area contributed by atoms with Gasteiger partial charge in [-0.15, -0.1) is 0 Å². The van der Waals surface area contributed by atoms with Gasteiger partial charge in [0.15, 0.2) is 0 Å². The van der Waals surface area contributed by atoms with Crippen LogP contribution in [0.2, 0.25) is 0 Å². The molecule has 2 aliphatic carbocycles. The van der Waals surface area contributed by atoms with Gasteiger partial charge in [0.2, 0.25) is 0 Å². The molecule has 0 saturated heterocycles. The van der Waals surface area contributed by atoms with E-state index in [4.69, 9.17) is 0 Å². The molecule has 0 amide bonds. The number of hydrogen-bond donors (Lipinski definition) is 0. The Morgan fingerprint density at radius 3 is 1.66 bits per heavy atom. The van der Waals surface area contributed by atoms with Gasteiger partial charge in [-0.3, -0.25) is 0 Å². The molecule has 303 valence electrons. The van der Waals surface area contributed by atoms with E-state index in [1.165, 1.54) is 131 Å². The quantitative estimate of drug-likeness (QED) is 0.0643. The first-order valence-electron chi connectivity index (χ1n) is 22.5. The second kappa shape index (κ2) is 20.4. The SMILES string of the molecule is CC=C1CCCC1=CC(=C([C]#[Os])[P+](c1ccccc1)(c1ccccc1)c1ccccc1)c1ccc2c(c1)C(CCCCCC)(CCCCCC)c1cc(/C=C/C)ccc1-2. The van der Waals surface area contributed by atoms with Crippen molar-refractivity contribution in [1.29, 1.82) is 0 Å². The second-order valence-corrected chi connectivity index (χ2v) is 20.6. The number of allylic oxidation sites excluding steroid dienone is 7. The predicted octanol–water partition coefficient (Wildman–Crippen LogP) is 15.2. The summed E-state index contributed by atoms with van der Waals surface area (Å²) >= 11 is 1.91. The summed E-state index contributed by atoms with van der Waals surface area (Å²) in [5.41, 5.74) is 12.9. The monoisotopic (exact) mass is 970 g/mol. The van der Waals surface area contributed by atoms with Gasteiger partial charge >= 0.3 is 348 Å². The molecular weight excluding hydrogens is 906 g/mol. The zero-order valence-electron chi connectivity index (χ0n) is 35.9. The molecule has 1 saturated carbocycles. The Morgan fingerprint density at radius 2 is 1.15 bits per heavy atom. The summed E-state index contributed by atoms with van der Waals surface area (Å²) < 4.78 is 4.05. The molecule has 0 nitrogen and oxygen atoms in total. The maximum absolute atomic E-state index is 4.05. The number of hydrogen-bond acceptors (Lipinski definition) is 0. The van der Waals surface area contributed by atoms with Crippen molar-refractivity contribution < 1.29 is 17.9 Å². The molecular formula is C57H63OsP+. The Morgan fingerprint density at radius 1 is 0.627 bits per heavy atom. The Balaban J connectivity index is 1.57. The predicted molar refractivity (Wildman–Crippen MR) is 257 cm³/mol. The summed E-state index contributed by atoms with van der Waals surface area (Å²) in [7, 11) is -2.44. The van der Waals surface area contributed by atoms with Crippen LogP contribution in [0.5, 0.6) is 0 Å². The van der Waals surface area contributed by atoms with Gasteiger partial charge in [0.1, 0.15) is 0 Å². The molecule has 1 fully saturated rings. The summed E-state index contributed by atoms with van der Waals surface area (Å²) in [4.78, 5) is 0. The normalized spacial score (nSPS) is 16.3. The third kappa shape index (κ3) is 8.74. The van der Waals surface area contributed by atoms with Gasteiger partial charge in [-0.2, -0.15) is 0 Å². The first-order chi connectivity index (χ1) is 29.0. The van der Waals surface area contributed by atoms with Gasteiger partial charge in [0, 0.05) is 0 Å². The van der Waals surface area contributed by atoms with Gasteiger partial charge in [-0.05, 0) is 6.92 Å². The molecule has 0 aromatic heterocycles. The number of fused-ring (bicyclic) bond motifs is 3. The Labute approximate surface area is 367 Å². The molecule has 0 aliphatic heterocycles. The van der Waals surface area contributed by atoms with E-state index < -0.39 is 7.26 Å². The molecule has 0 N–H and O–H groups in total. The van der Waals surface area contributed by atoms with Gasteiger partial charge < -0.3 is 0 Å². The topological polar surface area (TPSA) is 0 Å². The summed E-state index contributed by atoms with van der Waals surface area (Å²) in [6, 6.07) is 49.2. The van der Waals surface area contributed by atoms with Crippen LogP contribution in [0.3, 0.4) is 0 Å². The fraction of sp³-hybridized carbons (Fsp3) is 0.316. The molecule has 0 spiro atoms. The van der Waals surface area contributed by atoms with E-state index in [1.54, 1.807) is 11.1 Å². The van der Waals surface area contributed by atoms with Crippen molar-refractivity contribution in [3.05, 3.63) is 184 Å². The summed E-state index contributed by atoms with van der Waals surface area (Å²) in [5.74, 6) is 0. The summed E-state index contributed by atoms with van der Waals surface area (Å²) in [6.07, 6.45) is 25.5. The minimum absolute atomic E-state index is 0.0219. The Bertz CT molecular complexity index is 2240. The number of rotatable bonds is 17. The average molecular weight is 969 g/mol. The molecule has 7 rings (SSSR count). The van der Waals surface area contributed by atoms with Crippen LogP contribution in [0.15, 0.2) is 162 Å². The minimum atomic E-state index is -2.44. The summed E-state index contributed by atoms with van der Waals surface area (Å²) in [6.45, 7) is 9.05. The van der Waals surface area contributed by atoms with Crippen molar-refractivity contribution in [3.8, 4) is 15.5 Å². The Hall–Kier alpha value is -4.09. The fourth-order valence-corrected chi connectivity index (χ4v) is 16.0. The van der Waals surface area contributed by atoms with Crippen molar-refractivity contribution in [2.75, 3.05) is 0 Å². The van der Waals surface area contributed by atoms with E-state index in [2.05, 4.69) is 184 Å². The van der Waals surface area contributed by atoms with Crippen molar-refractivity contribution in [3.63, 3.8) is 0 Å². The van der Waals surface area contributed by atoms with Gasteiger partial charge in [0.25, 0.3) is 0 Å². The van der Waals surface area contributed by atoms with Crippen molar-refractivity contribution in [2.24, 2.45) is 0 Å². The van der Waals surface area contributed by atoms with E-state index in [9.17, 15) is 0 Å². The maximum atomic E-state index is 4.05. The van der Waals surface area contributed by atoms with E-state index in [0.717, 1.165) is 12.8 Å². The van der Waals surface area contributed by atoms with Gasteiger partial charge in [-0.1, -0.05) is 13.8 Å². The molecule has 2 aliphatic rings. The zero-order chi connectivity index (χ0) is 41.1. The van der Waals surface area contributed by atoms with Crippen LogP contribution < -0.4 is 15.9 Å². The molecule has 0 radical (unpaired) electrons. The third-order valence-corrected chi connectivity index (χ3v) is 18.4. The molecule has 0 atom stereocenters. The van der Waals surface area contributed by atoms with Crippen molar-refractivity contribution in [1.82, 2.24) is 0 Å². The Kier molecular flexibility index (Phi) is 14.9.